The van der Waals surface area contributed by atoms with Gasteiger partial charge < -0.3 is 33.4 Å². The summed E-state index contributed by atoms with van der Waals surface area (Å²) in [5, 5.41) is 3.91. The lowest BCUT2D eigenvalue weighted by molar-refractivity contribution is 0.0899. The van der Waals surface area contributed by atoms with E-state index in [9.17, 15) is 4.79 Å². The third-order valence-corrected chi connectivity index (χ3v) is 4.93. The van der Waals surface area contributed by atoms with Gasteiger partial charge in [-0.3, -0.25) is 4.79 Å². The molecule has 0 fully saturated rings. The molecule has 0 radical (unpaired) electrons. The quantitative estimate of drug-likeness (QED) is 0.594. The van der Waals surface area contributed by atoms with E-state index in [1.807, 2.05) is 6.07 Å². The predicted molar refractivity (Wildman–Crippen MR) is 108 cm³/mol. The summed E-state index contributed by atoms with van der Waals surface area (Å²) in [5.74, 6) is 3.38. The van der Waals surface area contributed by atoms with E-state index in [1.165, 1.54) is 12.3 Å². The number of fused-ring (bicyclic) bond motifs is 3. The summed E-state index contributed by atoms with van der Waals surface area (Å²) in [6.45, 7) is 2.67. The average Bonchev–Trinajstić information content (AvgIpc) is 3.22. The van der Waals surface area contributed by atoms with Gasteiger partial charge in [0.1, 0.15) is 24.0 Å². The molecule has 3 aromatic rings. The fourth-order valence-electron chi connectivity index (χ4n) is 3.41. The molecule has 0 unspecified atom stereocenters. The van der Waals surface area contributed by atoms with Crippen LogP contribution in [0, 0.1) is 0 Å². The van der Waals surface area contributed by atoms with Crippen molar-refractivity contribution in [3.63, 3.8) is 0 Å². The minimum atomic E-state index is -0.0813. The van der Waals surface area contributed by atoms with Crippen LogP contribution in [-0.2, 0) is 0 Å². The van der Waals surface area contributed by atoms with Crippen LogP contribution in [0.4, 0.5) is 0 Å². The van der Waals surface area contributed by atoms with Crippen LogP contribution in [0.15, 0.2) is 51.9 Å². The number of hydrogen-bond acceptors (Lipinski definition) is 8. The van der Waals surface area contributed by atoms with Crippen LogP contribution >= 0.6 is 0 Å². The van der Waals surface area contributed by atoms with Crippen molar-refractivity contribution in [3.05, 3.63) is 52.9 Å². The van der Waals surface area contributed by atoms with Crippen LogP contribution in [0.2, 0.25) is 0 Å². The van der Waals surface area contributed by atoms with Crippen molar-refractivity contribution in [2.75, 3.05) is 33.1 Å². The molecule has 0 amide bonds. The summed E-state index contributed by atoms with van der Waals surface area (Å²) in [6, 6.07) is 10.3. The van der Waals surface area contributed by atoms with Gasteiger partial charge in [0.05, 0.1) is 18.3 Å². The molecule has 1 atom stereocenters. The first-order valence-corrected chi connectivity index (χ1v) is 9.84. The molecule has 30 heavy (non-hydrogen) atoms. The Balaban J connectivity index is 1.05. The number of benzene rings is 2. The van der Waals surface area contributed by atoms with E-state index in [2.05, 4.69) is 5.32 Å². The van der Waals surface area contributed by atoms with Crippen LogP contribution in [-0.4, -0.2) is 39.2 Å². The Hall–Kier alpha value is -3.39. The molecule has 8 nitrogen and oxygen atoms in total. The van der Waals surface area contributed by atoms with Crippen LogP contribution in [0.3, 0.4) is 0 Å². The van der Waals surface area contributed by atoms with Gasteiger partial charge >= 0.3 is 0 Å². The summed E-state index contributed by atoms with van der Waals surface area (Å²) in [6.07, 6.45) is 2.13. The zero-order chi connectivity index (χ0) is 20.3. The molecule has 0 spiro atoms. The zero-order valence-corrected chi connectivity index (χ0v) is 16.2. The van der Waals surface area contributed by atoms with Crippen molar-refractivity contribution in [3.8, 4) is 28.7 Å². The molecule has 2 aromatic carbocycles. The standard InChI is InChI=1S/C22H21NO7/c24-17-4-7-26-18-8-14(2-3-16(17)18)25-6-1-5-23-11-15-12-27-21-9-19-20(29-13-28-19)10-22(21)30-15/h2-4,7-10,15,23H,1,5-6,11-13H2/t15-/m0/s1. The number of rotatable bonds is 7. The Morgan fingerprint density at radius 1 is 1.00 bits per heavy atom. The molecule has 0 aliphatic carbocycles. The van der Waals surface area contributed by atoms with Crippen LogP contribution in [0.1, 0.15) is 6.42 Å². The van der Waals surface area contributed by atoms with E-state index in [0.29, 0.717) is 59.5 Å². The molecule has 2 aliphatic rings. The Bertz CT molecular complexity index is 1110. The maximum absolute atomic E-state index is 11.7. The molecule has 156 valence electrons. The third kappa shape index (κ3) is 3.86. The van der Waals surface area contributed by atoms with Gasteiger partial charge in [0.25, 0.3) is 0 Å². The topological polar surface area (TPSA) is 88.4 Å². The smallest absolute Gasteiger partial charge is 0.231 e. The average molecular weight is 411 g/mol. The highest BCUT2D eigenvalue weighted by Crippen LogP contribution is 2.43. The highest BCUT2D eigenvalue weighted by atomic mass is 16.7. The van der Waals surface area contributed by atoms with E-state index in [4.69, 9.17) is 28.1 Å². The summed E-state index contributed by atoms with van der Waals surface area (Å²) in [7, 11) is 0. The van der Waals surface area contributed by atoms with Gasteiger partial charge in [-0.25, -0.2) is 0 Å². The monoisotopic (exact) mass is 411 g/mol. The highest BCUT2D eigenvalue weighted by Gasteiger charge is 2.25. The lowest BCUT2D eigenvalue weighted by atomic mass is 10.2. The number of nitrogens with one attached hydrogen (secondary N) is 1. The van der Waals surface area contributed by atoms with E-state index < -0.39 is 0 Å². The number of hydrogen-bond donors (Lipinski definition) is 1. The molecule has 5 rings (SSSR count). The minimum absolute atomic E-state index is 0.0613. The van der Waals surface area contributed by atoms with Gasteiger partial charge in [-0.15, -0.1) is 0 Å². The summed E-state index contributed by atoms with van der Waals surface area (Å²) in [5.41, 5.74) is 0.462. The minimum Gasteiger partial charge on any atom is -0.493 e. The largest absolute Gasteiger partial charge is 0.493 e. The van der Waals surface area contributed by atoms with Crippen molar-refractivity contribution in [1.29, 1.82) is 0 Å². The zero-order valence-electron chi connectivity index (χ0n) is 16.2. The Labute approximate surface area is 172 Å². The summed E-state index contributed by atoms with van der Waals surface area (Å²) >= 11 is 0. The normalized spacial score (nSPS) is 16.6. The maximum Gasteiger partial charge on any atom is 0.231 e. The lowest BCUT2D eigenvalue weighted by Gasteiger charge is -2.27. The van der Waals surface area contributed by atoms with Gasteiger partial charge in [0, 0.05) is 30.8 Å². The molecule has 3 heterocycles. The first-order chi connectivity index (χ1) is 14.8. The van der Waals surface area contributed by atoms with Crippen LogP contribution < -0.4 is 34.4 Å². The van der Waals surface area contributed by atoms with Crippen molar-refractivity contribution in [1.82, 2.24) is 5.32 Å². The molecule has 8 heteroatoms. The van der Waals surface area contributed by atoms with Crippen molar-refractivity contribution < 1.29 is 28.1 Å². The predicted octanol–water partition coefficient (Wildman–Crippen LogP) is 2.72. The van der Waals surface area contributed by atoms with E-state index in [0.717, 1.165) is 13.0 Å². The van der Waals surface area contributed by atoms with E-state index in [-0.39, 0.29) is 18.3 Å². The first-order valence-electron chi connectivity index (χ1n) is 9.84. The van der Waals surface area contributed by atoms with Gasteiger partial charge in [-0.1, -0.05) is 0 Å². The van der Waals surface area contributed by atoms with Gasteiger partial charge in [-0.2, -0.15) is 0 Å². The Morgan fingerprint density at radius 2 is 1.83 bits per heavy atom. The first kappa shape index (κ1) is 18.6. The molecular formula is C22H21NO7. The van der Waals surface area contributed by atoms with Crippen LogP contribution in [0.5, 0.6) is 28.7 Å². The molecule has 0 saturated carbocycles. The molecule has 2 aliphatic heterocycles. The molecule has 1 N–H and O–H groups in total. The van der Waals surface area contributed by atoms with Gasteiger partial charge in [0.2, 0.25) is 6.79 Å². The Kier molecular flexibility index (Phi) is 5.06. The summed E-state index contributed by atoms with van der Waals surface area (Å²) < 4.78 is 33.6. The maximum atomic E-state index is 11.7. The molecule has 1 aromatic heterocycles. The molecular weight excluding hydrogens is 390 g/mol. The summed E-state index contributed by atoms with van der Waals surface area (Å²) in [4.78, 5) is 11.7. The van der Waals surface area contributed by atoms with Crippen molar-refractivity contribution >= 4 is 11.0 Å². The fraction of sp³-hybridized carbons (Fsp3) is 0.318. The lowest BCUT2D eigenvalue weighted by Crippen LogP contribution is -2.39. The molecule has 0 saturated heterocycles. The second-order valence-corrected chi connectivity index (χ2v) is 7.05. The van der Waals surface area contributed by atoms with E-state index in [1.54, 1.807) is 24.3 Å². The van der Waals surface area contributed by atoms with Gasteiger partial charge in [-0.05, 0) is 25.1 Å². The SMILES string of the molecule is O=c1ccoc2cc(OCCCNC[C@H]3COc4cc5c(cc4O3)OCO5)ccc12. The van der Waals surface area contributed by atoms with Gasteiger partial charge in [0.15, 0.2) is 28.4 Å². The second-order valence-electron chi connectivity index (χ2n) is 7.05. The van der Waals surface area contributed by atoms with Crippen LogP contribution in [0.25, 0.3) is 11.0 Å². The Morgan fingerprint density at radius 3 is 2.73 bits per heavy atom. The third-order valence-electron chi connectivity index (χ3n) is 4.93. The molecule has 0 bridgehead atoms. The number of ether oxygens (including phenoxy) is 5. The fourth-order valence-corrected chi connectivity index (χ4v) is 3.41. The van der Waals surface area contributed by atoms with Crippen molar-refractivity contribution in [2.45, 2.75) is 12.5 Å². The van der Waals surface area contributed by atoms with Crippen molar-refractivity contribution in [2.24, 2.45) is 0 Å². The highest BCUT2D eigenvalue weighted by molar-refractivity contribution is 5.77. The second kappa shape index (κ2) is 8.16. The van der Waals surface area contributed by atoms with E-state index >= 15 is 0 Å².